The molecule has 12 heavy (non-hydrogen) atoms. The molecule has 0 saturated heterocycles. The number of thioether (sulfide) groups is 1. The van der Waals surface area contributed by atoms with E-state index in [1.54, 1.807) is 12.1 Å². The van der Waals surface area contributed by atoms with Crippen LogP contribution in [0.3, 0.4) is 0 Å². The van der Waals surface area contributed by atoms with Gasteiger partial charge in [0.1, 0.15) is 0 Å². The zero-order chi connectivity index (χ0) is 9.14. The Kier molecular flexibility index (Phi) is 2.70. The van der Waals surface area contributed by atoms with E-state index in [1.165, 1.54) is 18.9 Å². The summed E-state index contributed by atoms with van der Waals surface area (Å²) in [4.78, 5) is 0.633. The van der Waals surface area contributed by atoms with Crippen molar-refractivity contribution in [2.45, 2.75) is 4.90 Å². The predicted octanol–water partition coefficient (Wildman–Crippen LogP) is 1.83. The summed E-state index contributed by atoms with van der Waals surface area (Å²) in [5.74, 6) is -0.0449. The number of hydrogen-bond acceptors (Lipinski definition) is 4. The Morgan fingerprint density at radius 2 is 1.92 bits per heavy atom. The summed E-state index contributed by atoms with van der Waals surface area (Å²) < 4.78 is 4.81. The van der Waals surface area contributed by atoms with Crippen molar-refractivity contribution in [3.8, 4) is 17.2 Å². The van der Waals surface area contributed by atoms with Gasteiger partial charge in [-0.1, -0.05) is 0 Å². The lowest BCUT2D eigenvalue weighted by Crippen LogP contribution is -1.84. The normalized spacial score (nSPS) is 9.83. The van der Waals surface area contributed by atoms with Crippen molar-refractivity contribution in [2.24, 2.45) is 0 Å². The average Bonchev–Trinajstić information content (AvgIpc) is 2.10. The Morgan fingerprint density at radius 3 is 2.42 bits per heavy atom. The molecular weight excluding hydrogens is 176 g/mol. The third-order valence-electron chi connectivity index (χ3n) is 1.52. The van der Waals surface area contributed by atoms with Gasteiger partial charge in [0.2, 0.25) is 5.75 Å². The topological polar surface area (TPSA) is 49.7 Å². The van der Waals surface area contributed by atoms with Crippen LogP contribution in [0, 0.1) is 0 Å². The minimum atomic E-state index is -0.204. The van der Waals surface area contributed by atoms with Gasteiger partial charge in [-0.2, -0.15) is 0 Å². The molecule has 0 aromatic heterocycles. The number of methoxy groups -OCH3 is 1. The number of rotatable bonds is 2. The summed E-state index contributed by atoms with van der Waals surface area (Å²) in [7, 11) is 1.44. The molecule has 0 radical (unpaired) electrons. The zero-order valence-corrected chi connectivity index (χ0v) is 7.68. The summed E-state index contributed by atoms with van der Waals surface area (Å²) in [6.45, 7) is 0. The van der Waals surface area contributed by atoms with Crippen LogP contribution >= 0.6 is 11.8 Å². The first kappa shape index (κ1) is 9.06. The molecule has 0 heterocycles. The molecule has 4 heteroatoms. The van der Waals surface area contributed by atoms with Gasteiger partial charge in [0.05, 0.1) is 12.0 Å². The van der Waals surface area contributed by atoms with Gasteiger partial charge in [-0.3, -0.25) is 0 Å². The average molecular weight is 186 g/mol. The van der Waals surface area contributed by atoms with Crippen LogP contribution in [0.15, 0.2) is 17.0 Å². The van der Waals surface area contributed by atoms with Gasteiger partial charge in [-0.05, 0) is 18.4 Å². The van der Waals surface area contributed by atoms with Crippen LogP contribution in [0.2, 0.25) is 0 Å². The highest BCUT2D eigenvalue weighted by atomic mass is 32.2. The van der Waals surface area contributed by atoms with Crippen LogP contribution in [-0.2, 0) is 0 Å². The maximum Gasteiger partial charge on any atom is 0.201 e. The van der Waals surface area contributed by atoms with Crippen LogP contribution in [-0.4, -0.2) is 23.6 Å². The Labute approximate surface area is 75.0 Å². The number of aromatic hydroxyl groups is 2. The van der Waals surface area contributed by atoms with E-state index in [1.807, 2.05) is 6.26 Å². The van der Waals surface area contributed by atoms with Crippen molar-refractivity contribution in [2.75, 3.05) is 13.4 Å². The molecule has 3 nitrogen and oxygen atoms in total. The maximum atomic E-state index is 9.36. The molecule has 0 saturated carbocycles. The lowest BCUT2D eigenvalue weighted by Gasteiger charge is -2.07. The van der Waals surface area contributed by atoms with E-state index in [2.05, 4.69) is 0 Å². The highest BCUT2D eigenvalue weighted by molar-refractivity contribution is 7.98. The summed E-state index contributed by atoms with van der Waals surface area (Å²) in [6.07, 6.45) is 1.82. The second-order valence-electron chi connectivity index (χ2n) is 2.17. The van der Waals surface area contributed by atoms with E-state index < -0.39 is 0 Å². The van der Waals surface area contributed by atoms with Crippen molar-refractivity contribution < 1.29 is 14.9 Å². The minimum Gasteiger partial charge on any atom is -0.503 e. The van der Waals surface area contributed by atoms with E-state index in [4.69, 9.17) is 4.74 Å². The number of ether oxygens (including phenoxy) is 1. The lowest BCUT2D eigenvalue weighted by molar-refractivity contribution is 0.346. The van der Waals surface area contributed by atoms with Gasteiger partial charge in [-0.25, -0.2) is 0 Å². The summed E-state index contributed by atoms with van der Waals surface area (Å²) in [6, 6.07) is 3.30. The molecule has 0 aliphatic rings. The molecule has 0 fully saturated rings. The van der Waals surface area contributed by atoms with Crippen LogP contribution in [0.1, 0.15) is 0 Å². The maximum absolute atomic E-state index is 9.36. The molecule has 1 rings (SSSR count). The summed E-state index contributed by atoms with van der Waals surface area (Å²) in [5, 5.41) is 18.7. The standard InChI is InChI=1S/C8H10O3S/c1-11-5-3-4-6(12-2)8(10)7(5)9/h3-4,9-10H,1-2H3. The lowest BCUT2D eigenvalue weighted by atomic mass is 10.3. The number of hydrogen-bond donors (Lipinski definition) is 2. The SMILES string of the molecule is COc1ccc(SC)c(O)c1O. The number of phenols is 2. The van der Waals surface area contributed by atoms with Crippen molar-refractivity contribution in [1.82, 2.24) is 0 Å². The fourth-order valence-electron chi connectivity index (χ4n) is 0.872. The minimum absolute atomic E-state index is 0.123. The quantitative estimate of drug-likeness (QED) is 0.546. The van der Waals surface area contributed by atoms with Crippen molar-refractivity contribution in [3.63, 3.8) is 0 Å². The monoisotopic (exact) mass is 186 g/mol. The van der Waals surface area contributed by atoms with Gasteiger partial charge < -0.3 is 14.9 Å². The first-order chi connectivity index (χ1) is 5.70. The van der Waals surface area contributed by atoms with Gasteiger partial charge in [-0.15, -0.1) is 11.8 Å². The van der Waals surface area contributed by atoms with Gasteiger partial charge >= 0.3 is 0 Å². The van der Waals surface area contributed by atoms with E-state index >= 15 is 0 Å². The third kappa shape index (κ3) is 1.43. The Balaban J connectivity index is 3.20. The van der Waals surface area contributed by atoms with E-state index in [0.717, 1.165) is 0 Å². The highest BCUT2D eigenvalue weighted by Gasteiger charge is 2.10. The summed E-state index contributed by atoms with van der Waals surface area (Å²) >= 11 is 1.36. The smallest absolute Gasteiger partial charge is 0.201 e. The second kappa shape index (κ2) is 3.58. The molecule has 0 unspecified atom stereocenters. The Hall–Kier alpha value is -1.03. The fourth-order valence-corrected chi connectivity index (χ4v) is 1.37. The van der Waals surface area contributed by atoms with Crippen LogP contribution < -0.4 is 4.74 Å². The molecule has 1 aromatic carbocycles. The zero-order valence-electron chi connectivity index (χ0n) is 6.87. The van der Waals surface area contributed by atoms with Crippen molar-refractivity contribution >= 4 is 11.8 Å². The molecule has 2 N–H and O–H groups in total. The molecule has 0 aliphatic heterocycles. The van der Waals surface area contributed by atoms with E-state index in [9.17, 15) is 10.2 Å². The first-order valence-corrected chi connectivity index (χ1v) is 4.56. The molecule has 0 spiro atoms. The molecular formula is C8H10O3S. The second-order valence-corrected chi connectivity index (χ2v) is 3.02. The highest BCUT2D eigenvalue weighted by Crippen LogP contribution is 2.41. The Morgan fingerprint density at radius 1 is 1.25 bits per heavy atom. The van der Waals surface area contributed by atoms with Crippen molar-refractivity contribution in [3.05, 3.63) is 12.1 Å². The largest absolute Gasteiger partial charge is 0.503 e. The molecule has 0 aliphatic carbocycles. The predicted molar refractivity (Wildman–Crippen MR) is 48.1 cm³/mol. The molecule has 1 aromatic rings. The Bertz CT molecular complexity index is 257. The van der Waals surface area contributed by atoms with E-state index in [-0.39, 0.29) is 17.2 Å². The van der Waals surface area contributed by atoms with Gasteiger partial charge in [0, 0.05) is 0 Å². The van der Waals surface area contributed by atoms with E-state index in [0.29, 0.717) is 4.90 Å². The fraction of sp³-hybridized carbons (Fsp3) is 0.250. The van der Waals surface area contributed by atoms with Crippen molar-refractivity contribution in [1.29, 1.82) is 0 Å². The molecule has 0 atom stereocenters. The summed E-state index contributed by atoms with van der Waals surface area (Å²) in [5.41, 5.74) is 0. The van der Waals surface area contributed by atoms with Gasteiger partial charge in [0.25, 0.3) is 0 Å². The molecule has 66 valence electrons. The van der Waals surface area contributed by atoms with Crippen LogP contribution in [0.25, 0.3) is 0 Å². The van der Waals surface area contributed by atoms with Crippen LogP contribution in [0.5, 0.6) is 17.2 Å². The third-order valence-corrected chi connectivity index (χ3v) is 2.29. The molecule has 0 amide bonds. The number of phenolic OH excluding ortho intramolecular Hbond substituents is 2. The first-order valence-electron chi connectivity index (χ1n) is 3.33. The number of benzene rings is 1. The molecule has 0 bridgehead atoms. The van der Waals surface area contributed by atoms with Gasteiger partial charge in [0.15, 0.2) is 11.5 Å². The van der Waals surface area contributed by atoms with Crippen LogP contribution in [0.4, 0.5) is 0 Å².